The van der Waals surface area contributed by atoms with Crippen molar-refractivity contribution in [3.05, 3.63) is 65.2 Å². The van der Waals surface area contributed by atoms with Crippen LogP contribution < -0.4 is 16.3 Å². The smallest absolute Gasteiger partial charge is 0.308 e. The van der Waals surface area contributed by atoms with Crippen LogP contribution in [-0.4, -0.2) is 15.6 Å². The highest BCUT2D eigenvalue weighted by Crippen LogP contribution is 2.18. The number of rotatable bonds is 2. The molecule has 1 aromatic heterocycles. The molecule has 0 aliphatic carbocycles. The third-order valence-corrected chi connectivity index (χ3v) is 3.22. The van der Waals surface area contributed by atoms with Gasteiger partial charge < -0.3 is 9.88 Å². The molecule has 0 bridgehead atoms. The topological polar surface area (TPSA) is 76.0 Å². The molecular weight excluding hydrogens is 280 g/mol. The molecule has 0 aliphatic rings. The number of benzene rings is 2. The number of aromatic nitrogens is 2. The van der Waals surface area contributed by atoms with Gasteiger partial charge in [-0.2, -0.15) is 4.98 Å². The Bertz CT molecular complexity index is 902. The van der Waals surface area contributed by atoms with Crippen LogP contribution in [0.25, 0.3) is 10.8 Å². The van der Waals surface area contributed by atoms with Gasteiger partial charge in [0.15, 0.2) is 0 Å². The fourth-order valence-corrected chi connectivity index (χ4v) is 2.08. The number of fused-ring (bicyclic) bond motifs is 1. The van der Waals surface area contributed by atoms with Crippen LogP contribution in [0.3, 0.4) is 0 Å². The largest absolute Gasteiger partial charge is 0.349 e. The minimum Gasteiger partial charge on any atom is -0.308 e. The lowest BCUT2D eigenvalue weighted by molar-refractivity contribution is 0.262. The van der Waals surface area contributed by atoms with Gasteiger partial charge in [-0.3, -0.25) is 5.32 Å². The van der Waals surface area contributed by atoms with Gasteiger partial charge in [-0.15, -0.1) is 0 Å². The Morgan fingerprint density at radius 2 is 1.82 bits per heavy atom. The Morgan fingerprint density at radius 3 is 2.59 bits per heavy atom. The molecule has 0 saturated carbocycles. The van der Waals surface area contributed by atoms with Crippen molar-refractivity contribution in [1.29, 1.82) is 0 Å². The number of anilines is 2. The predicted molar refractivity (Wildman–Crippen MR) is 86.1 cm³/mol. The van der Waals surface area contributed by atoms with Crippen molar-refractivity contribution < 1.29 is 4.79 Å². The number of nitrogens with zero attached hydrogens (tertiary/aromatic N) is 2. The Morgan fingerprint density at radius 1 is 1.05 bits per heavy atom. The summed E-state index contributed by atoms with van der Waals surface area (Å²) in [5.41, 5.74) is 0.239. The number of nitrogens with one attached hydrogen (secondary N) is 2. The zero-order valence-corrected chi connectivity index (χ0v) is 11.9. The summed E-state index contributed by atoms with van der Waals surface area (Å²) in [6, 6.07) is 14.6. The maximum absolute atomic E-state index is 11.9. The van der Waals surface area contributed by atoms with Gasteiger partial charge in [0.2, 0.25) is 0 Å². The highest BCUT2D eigenvalue weighted by atomic mass is 16.2. The second kappa shape index (κ2) is 5.69. The Kier molecular flexibility index (Phi) is 3.57. The van der Waals surface area contributed by atoms with E-state index in [0.29, 0.717) is 5.69 Å². The summed E-state index contributed by atoms with van der Waals surface area (Å²) in [6.07, 6.45) is 1.54. The van der Waals surface area contributed by atoms with Gasteiger partial charge in [-0.25, -0.2) is 9.59 Å². The average molecular weight is 294 g/mol. The van der Waals surface area contributed by atoms with Gasteiger partial charge in [-0.05, 0) is 29.0 Å². The molecule has 0 atom stereocenters. The molecule has 0 radical (unpaired) electrons. The molecular formula is C16H14N4O2. The minimum atomic E-state index is -0.448. The quantitative estimate of drug-likeness (QED) is 0.762. The summed E-state index contributed by atoms with van der Waals surface area (Å²) in [5, 5.41) is 7.38. The van der Waals surface area contributed by atoms with Gasteiger partial charge in [0.1, 0.15) is 5.82 Å². The zero-order valence-electron chi connectivity index (χ0n) is 11.9. The van der Waals surface area contributed by atoms with E-state index < -0.39 is 11.7 Å². The molecule has 3 rings (SSSR count). The number of amides is 2. The molecule has 3 aromatic rings. The summed E-state index contributed by atoms with van der Waals surface area (Å²) in [5.74, 6) is 0.210. The molecule has 0 spiro atoms. The summed E-state index contributed by atoms with van der Waals surface area (Å²) in [6.45, 7) is 0. The minimum absolute atomic E-state index is 0.210. The molecule has 0 aliphatic heterocycles. The molecule has 0 unspecified atom stereocenters. The third kappa shape index (κ3) is 2.95. The van der Waals surface area contributed by atoms with Crippen molar-refractivity contribution in [3.8, 4) is 0 Å². The predicted octanol–water partition coefficient (Wildman–Crippen LogP) is 2.58. The molecule has 0 saturated heterocycles. The Hall–Kier alpha value is -3.15. The second-order valence-electron chi connectivity index (χ2n) is 4.85. The van der Waals surface area contributed by atoms with Crippen molar-refractivity contribution >= 4 is 28.3 Å². The van der Waals surface area contributed by atoms with Crippen LogP contribution in [0.1, 0.15) is 0 Å². The summed E-state index contributed by atoms with van der Waals surface area (Å²) in [7, 11) is 1.59. The third-order valence-electron chi connectivity index (χ3n) is 3.22. The first kappa shape index (κ1) is 13.8. The molecule has 1 heterocycles. The van der Waals surface area contributed by atoms with E-state index in [1.54, 1.807) is 19.3 Å². The molecule has 2 aromatic carbocycles. The van der Waals surface area contributed by atoms with Crippen molar-refractivity contribution in [1.82, 2.24) is 9.55 Å². The number of hydrogen-bond donors (Lipinski definition) is 2. The summed E-state index contributed by atoms with van der Waals surface area (Å²) in [4.78, 5) is 27.1. The number of carbonyl (C=O) groups excluding carboxylic acids is 1. The van der Waals surface area contributed by atoms with Gasteiger partial charge in [0, 0.05) is 18.9 Å². The van der Waals surface area contributed by atoms with Crippen LogP contribution in [-0.2, 0) is 7.05 Å². The molecule has 2 N–H and O–H groups in total. The molecule has 6 heteroatoms. The van der Waals surface area contributed by atoms with E-state index in [1.165, 1.54) is 4.57 Å². The highest BCUT2D eigenvalue weighted by Gasteiger charge is 2.05. The maximum atomic E-state index is 11.9. The van der Waals surface area contributed by atoms with Crippen LogP contribution in [0.2, 0.25) is 0 Å². The van der Waals surface area contributed by atoms with Gasteiger partial charge in [-0.1, -0.05) is 30.3 Å². The van der Waals surface area contributed by atoms with Crippen LogP contribution in [0, 0.1) is 0 Å². The van der Waals surface area contributed by atoms with Gasteiger partial charge >= 0.3 is 11.7 Å². The van der Waals surface area contributed by atoms with E-state index in [-0.39, 0.29) is 5.82 Å². The molecule has 6 nitrogen and oxygen atoms in total. The van der Waals surface area contributed by atoms with Crippen molar-refractivity contribution in [3.63, 3.8) is 0 Å². The maximum Gasteiger partial charge on any atom is 0.349 e. The fraction of sp³-hybridized carbons (Fsp3) is 0.0625. The number of hydrogen-bond acceptors (Lipinski definition) is 3. The standard InChI is InChI=1S/C16H14N4O2/c1-20-9-8-14(19-16(20)22)18-15(21)17-13-7-6-11-4-2-3-5-12(11)10-13/h2-10H,1H3,(H2,17,18,19,21,22). The molecule has 0 fully saturated rings. The molecule has 2 amide bonds. The van der Waals surface area contributed by atoms with E-state index in [2.05, 4.69) is 15.6 Å². The first-order valence-corrected chi connectivity index (χ1v) is 6.72. The van der Waals surface area contributed by atoms with Crippen molar-refractivity contribution in [2.75, 3.05) is 10.6 Å². The Balaban J connectivity index is 1.75. The van der Waals surface area contributed by atoms with Crippen LogP contribution >= 0.6 is 0 Å². The van der Waals surface area contributed by atoms with Crippen LogP contribution in [0.5, 0.6) is 0 Å². The lowest BCUT2D eigenvalue weighted by atomic mass is 10.1. The first-order chi connectivity index (χ1) is 10.6. The van der Waals surface area contributed by atoms with Crippen LogP contribution in [0.15, 0.2) is 59.5 Å². The first-order valence-electron chi connectivity index (χ1n) is 6.72. The molecule has 110 valence electrons. The lowest BCUT2D eigenvalue weighted by Crippen LogP contribution is -2.25. The zero-order chi connectivity index (χ0) is 15.5. The Labute approximate surface area is 126 Å². The summed E-state index contributed by atoms with van der Waals surface area (Å²) >= 11 is 0. The fourth-order valence-electron chi connectivity index (χ4n) is 2.08. The summed E-state index contributed by atoms with van der Waals surface area (Å²) < 4.78 is 1.33. The highest BCUT2D eigenvalue weighted by molar-refractivity contribution is 6.00. The van der Waals surface area contributed by atoms with E-state index >= 15 is 0 Å². The number of urea groups is 1. The second-order valence-corrected chi connectivity index (χ2v) is 4.85. The average Bonchev–Trinajstić information content (AvgIpc) is 2.51. The number of carbonyl (C=O) groups is 1. The van der Waals surface area contributed by atoms with E-state index in [9.17, 15) is 9.59 Å². The normalized spacial score (nSPS) is 10.4. The van der Waals surface area contributed by atoms with E-state index in [1.807, 2.05) is 42.5 Å². The lowest BCUT2D eigenvalue weighted by Gasteiger charge is -2.08. The van der Waals surface area contributed by atoms with Gasteiger partial charge in [0.25, 0.3) is 0 Å². The molecule has 22 heavy (non-hydrogen) atoms. The van der Waals surface area contributed by atoms with E-state index in [0.717, 1.165) is 10.8 Å². The van der Waals surface area contributed by atoms with Crippen molar-refractivity contribution in [2.45, 2.75) is 0 Å². The van der Waals surface area contributed by atoms with Crippen LogP contribution in [0.4, 0.5) is 16.3 Å². The van der Waals surface area contributed by atoms with E-state index in [4.69, 9.17) is 0 Å². The van der Waals surface area contributed by atoms with Crippen molar-refractivity contribution in [2.24, 2.45) is 7.05 Å². The SMILES string of the molecule is Cn1ccc(NC(=O)Nc2ccc3ccccc3c2)nc1=O. The number of aryl methyl sites for hydroxylation is 1. The van der Waals surface area contributed by atoms with Gasteiger partial charge in [0.05, 0.1) is 0 Å². The monoisotopic (exact) mass is 294 g/mol.